The van der Waals surface area contributed by atoms with Crippen LogP contribution in [0.1, 0.15) is 39.7 Å². The van der Waals surface area contributed by atoms with Crippen molar-refractivity contribution < 1.29 is 4.39 Å². The summed E-state index contributed by atoms with van der Waals surface area (Å²) in [5, 5.41) is 0. The van der Waals surface area contributed by atoms with E-state index in [2.05, 4.69) is 32.6 Å². The molecule has 0 aromatic heterocycles. The van der Waals surface area contributed by atoms with Gasteiger partial charge in [-0.25, -0.2) is 4.39 Å². The summed E-state index contributed by atoms with van der Waals surface area (Å²) in [7, 11) is 0. The van der Waals surface area contributed by atoms with Gasteiger partial charge in [-0.3, -0.25) is 4.90 Å². The van der Waals surface area contributed by atoms with Crippen LogP contribution in [-0.2, 0) is 6.42 Å². The molecule has 2 unspecified atom stereocenters. The Morgan fingerprint density at radius 2 is 1.81 bits per heavy atom. The third kappa shape index (κ3) is 3.83. The molecule has 1 saturated heterocycles. The van der Waals surface area contributed by atoms with E-state index in [1.807, 2.05) is 12.1 Å². The zero-order chi connectivity index (χ0) is 15.7. The molecule has 118 valence electrons. The van der Waals surface area contributed by atoms with Crippen LogP contribution in [0.5, 0.6) is 0 Å². The van der Waals surface area contributed by atoms with Crippen molar-refractivity contribution in [3.8, 4) is 0 Å². The second-order valence-electron chi connectivity index (χ2n) is 7.80. The van der Waals surface area contributed by atoms with Crippen molar-refractivity contribution in [1.29, 1.82) is 0 Å². The quantitative estimate of drug-likeness (QED) is 0.921. The number of hydrogen-bond donors (Lipinski definition) is 1. The van der Waals surface area contributed by atoms with E-state index in [-0.39, 0.29) is 11.4 Å². The van der Waals surface area contributed by atoms with Gasteiger partial charge in [-0.1, -0.05) is 32.9 Å². The maximum atomic E-state index is 13.0. The summed E-state index contributed by atoms with van der Waals surface area (Å²) in [5.74, 6) is 0.541. The SMILES string of the molecule is CC(C)(C)C1CCN(C(C)(CN)Cc2ccc(F)cc2)C1. The van der Waals surface area contributed by atoms with E-state index in [0.29, 0.717) is 12.0 Å². The van der Waals surface area contributed by atoms with Crippen molar-refractivity contribution in [2.45, 2.75) is 46.1 Å². The molecule has 1 aromatic rings. The third-order valence-corrected chi connectivity index (χ3v) is 5.11. The zero-order valence-electron chi connectivity index (χ0n) is 13.8. The Bertz CT molecular complexity index is 463. The predicted molar refractivity (Wildman–Crippen MR) is 86.7 cm³/mol. The lowest BCUT2D eigenvalue weighted by molar-refractivity contribution is 0.123. The van der Waals surface area contributed by atoms with Crippen LogP contribution in [0.3, 0.4) is 0 Å². The fourth-order valence-corrected chi connectivity index (χ4v) is 3.31. The van der Waals surface area contributed by atoms with Crippen LogP contribution in [0.25, 0.3) is 0 Å². The number of halogens is 1. The molecule has 1 aromatic carbocycles. The summed E-state index contributed by atoms with van der Waals surface area (Å²) >= 11 is 0. The minimum atomic E-state index is -0.179. The van der Waals surface area contributed by atoms with E-state index in [1.54, 1.807) is 0 Å². The topological polar surface area (TPSA) is 29.3 Å². The smallest absolute Gasteiger partial charge is 0.123 e. The molecule has 2 rings (SSSR count). The van der Waals surface area contributed by atoms with Gasteiger partial charge in [0.1, 0.15) is 5.82 Å². The minimum Gasteiger partial charge on any atom is -0.329 e. The van der Waals surface area contributed by atoms with Crippen LogP contribution in [0.15, 0.2) is 24.3 Å². The van der Waals surface area contributed by atoms with Gasteiger partial charge in [0.15, 0.2) is 0 Å². The summed E-state index contributed by atoms with van der Waals surface area (Å²) in [5.41, 5.74) is 7.56. The highest BCUT2D eigenvalue weighted by Crippen LogP contribution is 2.37. The van der Waals surface area contributed by atoms with Crippen LogP contribution >= 0.6 is 0 Å². The summed E-state index contributed by atoms with van der Waals surface area (Å²) in [6, 6.07) is 6.82. The Labute approximate surface area is 128 Å². The Kier molecular flexibility index (Phi) is 4.74. The molecule has 1 fully saturated rings. The van der Waals surface area contributed by atoms with Gasteiger partial charge in [0, 0.05) is 18.6 Å². The first-order valence-electron chi connectivity index (χ1n) is 7.94. The number of nitrogens with two attached hydrogens (primary N) is 1. The Morgan fingerprint density at radius 1 is 1.19 bits per heavy atom. The van der Waals surface area contributed by atoms with Crippen molar-refractivity contribution in [2.24, 2.45) is 17.1 Å². The highest BCUT2D eigenvalue weighted by Gasteiger charge is 2.39. The van der Waals surface area contributed by atoms with E-state index in [1.165, 1.54) is 18.6 Å². The molecule has 2 nitrogen and oxygen atoms in total. The van der Waals surface area contributed by atoms with E-state index < -0.39 is 0 Å². The molecule has 1 aliphatic heterocycles. The molecule has 0 bridgehead atoms. The van der Waals surface area contributed by atoms with Gasteiger partial charge in [-0.2, -0.15) is 0 Å². The van der Waals surface area contributed by atoms with E-state index in [0.717, 1.165) is 31.0 Å². The van der Waals surface area contributed by atoms with Crippen molar-refractivity contribution >= 4 is 0 Å². The summed E-state index contributed by atoms with van der Waals surface area (Å²) in [6.45, 7) is 12.0. The molecular formula is C18H29FN2. The van der Waals surface area contributed by atoms with Crippen LogP contribution in [0.4, 0.5) is 4.39 Å². The van der Waals surface area contributed by atoms with Gasteiger partial charge in [-0.15, -0.1) is 0 Å². The van der Waals surface area contributed by atoms with Crippen LogP contribution in [-0.4, -0.2) is 30.1 Å². The highest BCUT2D eigenvalue weighted by molar-refractivity contribution is 5.19. The molecule has 21 heavy (non-hydrogen) atoms. The lowest BCUT2D eigenvalue weighted by Crippen LogP contribution is -2.52. The molecular weight excluding hydrogens is 263 g/mol. The summed E-state index contributed by atoms with van der Waals surface area (Å²) in [4.78, 5) is 2.53. The zero-order valence-corrected chi connectivity index (χ0v) is 13.8. The van der Waals surface area contributed by atoms with E-state index in [4.69, 9.17) is 5.73 Å². The molecule has 1 heterocycles. The first kappa shape index (κ1) is 16.4. The third-order valence-electron chi connectivity index (χ3n) is 5.11. The lowest BCUT2D eigenvalue weighted by Gasteiger charge is -2.39. The molecule has 2 atom stereocenters. The van der Waals surface area contributed by atoms with Crippen LogP contribution < -0.4 is 5.73 Å². The fourth-order valence-electron chi connectivity index (χ4n) is 3.31. The normalized spacial score (nSPS) is 23.2. The first-order valence-corrected chi connectivity index (χ1v) is 7.94. The van der Waals surface area contributed by atoms with Gasteiger partial charge in [-0.05, 0) is 55.3 Å². The van der Waals surface area contributed by atoms with Crippen molar-refractivity contribution in [1.82, 2.24) is 4.90 Å². The van der Waals surface area contributed by atoms with Crippen molar-refractivity contribution in [3.05, 3.63) is 35.6 Å². The lowest BCUT2D eigenvalue weighted by atomic mass is 9.80. The van der Waals surface area contributed by atoms with Crippen molar-refractivity contribution in [2.75, 3.05) is 19.6 Å². The maximum absolute atomic E-state index is 13.0. The van der Waals surface area contributed by atoms with Crippen LogP contribution in [0, 0.1) is 17.2 Å². The van der Waals surface area contributed by atoms with Gasteiger partial charge in [0.2, 0.25) is 0 Å². The average molecular weight is 292 g/mol. The first-order chi connectivity index (χ1) is 9.74. The molecule has 0 saturated carbocycles. The van der Waals surface area contributed by atoms with E-state index >= 15 is 0 Å². The second-order valence-corrected chi connectivity index (χ2v) is 7.80. The van der Waals surface area contributed by atoms with Gasteiger partial charge in [0.05, 0.1) is 0 Å². The molecule has 0 amide bonds. The number of nitrogens with zero attached hydrogens (tertiary/aromatic N) is 1. The molecule has 0 radical (unpaired) electrons. The Morgan fingerprint density at radius 3 is 2.29 bits per heavy atom. The number of hydrogen-bond acceptors (Lipinski definition) is 2. The standard InChI is InChI=1S/C18H29FN2/c1-17(2,3)15-9-10-21(12-15)18(4,13-20)11-14-5-7-16(19)8-6-14/h5-8,15H,9-13,20H2,1-4H3. The van der Waals surface area contributed by atoms with Gasteiger partial charge >= 0.3 is 0 Å². The average Bonchev–Trinajstić information content (AvgIpc) is 2.91. The number of likely N-dealkylation sites (tertiary alicyclic amines) is 1. The van der Waals surface area contributed by atoms with Crippen molar-refractivity contribution in [3.63, 3.8) is 0 Å². The Hall–Kier alpha value is -0.930. The highest BCUT2D eigenvalue weighted by atomic mass is 19.1. The number of rotatable bonds is 4. The molecule has 1 aliphatic rings. The number of benzene rings is 1. The summed E-state index contributed by atoms with van der Waals surface area (Å²) in [6.07, 6.45) is 2.11. The summed E-state index contributed by atoms with van der Waals surface area (Å²) < 4.78 is 13.0. The fraction of sp³-hybridized carbons (Fsp3) is 0.667. The Balaban J connectivity index is 2.09. The molecule has 2 N–H and O–H groups in total. The van der Waals surface area contributed by atoms with E-state index in [9.17, 15) is 4.39 Å². The molecule has 3 heteroatoms. The predicted octanol–water partition coefficient (Wildman–Crippen LogP) is 3.45. The maximum Gasteiger partial charge on any atom is 0.123 e. The molecule has 0 aliphatic carbocycles. The minimum absolute atomic E-state index is 0.0438. The largest absolute Gasteiger partial charge is 0.329 e. The van der Waals surface area contributed by atoms with Gasteiger partial charge < -0.3 is 5.73 Å². The molecule has 0 spiro atoms. The van der Waals surface area contributed by atoms with Crippen LogP contribution in [0.2, 0.25) is 0 Å². The monoisotopic (exact) mass is 292 g/mol. The van der Waals surface area contributed by atoms with Gasteiger partial charge in [0.25, 0.3) is 0 Å². The second kappa shape index (κ2) is 6.05.